The van der Waals surface area contributed by atoms with E-state index < -0.39 is 16.0 Å². The molecule has 1 aliphatic rings. The summed E-state index contributed by atoms with van der Waals surface area (Å²) < 4.78 is 35.4. The Morgan fingerprint density at radius 3 is 2.36 bits per heavy atom. The average molecular weight is 406 g/mol. The molecule has 1 aliphatic heterocycles. The van der Waals surface area contributed by atoms with Gasteiger partial charge in [-0.05, 0) is 48.7 Å². The minimum atomic E-state index is -4.23. The Labute approximate surface area is 163 Å². The molecular formula is C19H22N2O6S. The monoisotopic (exact) mass is 406 g/mol. The average Bonchev–Trinajstić information content (AvgIpc) is 3.07. The number of carbonyl (C=O) groups is 1. The predicted octanol–water partition coefficient (Wildman–Crippen LogP) is 2.68. The highest BCUT2D eigenvalue weighted by molar-refractivity contribution is 7.89. The van der Waals surface area contributed by atoms with Gasteiger partial charge in [0.15, 0.2) is 5.75 Å². The number of sulfonamides is 1. The van der Waals surface area contributed by atoms with E-state index >= 15 is 0 Å². The molecule has 3 N–H and O–H groups in total. The second-order valence-corrected chi connectivity index (χ2v) is 8.32. The van der Waals surface area contributed by atoms with Gasteiger partial charge in [-0.25, -0.2) is 18.4 Å². The van der Waals surface area contributed by atoms with Gasteiger partial charge in [0.05, 0.1) is 18.4 Å². The van der Waals surface area contributed by atoms with Crippen LogP contribution in [0.2, 0.25) is 0 Å². The van der Waals surface area contributed by atoms with E-state index in [1.165, 1.54) is 13.2 Å². The van der Waals surface area contributed by atoms with Crippen molar-refractivity contribution in [2.45, 2.75) is 18.2 Å². The van der Waals surface area contributed by atoms with Crippen molar-refractivity contribution in [3.8, 4) is 17.2 Å². The molecule has 3 rings (SSSR count). The highest BCUT2D eigenvalue weighted by Gasteiger charge is 2.29. The topological polar surface area (TPSA) is 119 Å². The van der Waals surface area contributed by atoms with E-state index in [4.69, 9.17) is 14.6 Å². The predicted molar refractivity (Wildman–Crippen MR) is 104 cm³/mol. The molecule has 0 spiro atoms. The Balaban J connectivity index is 2.16. The number of methoxy groups -OCH3 is 1. The van der Waals surface area contributed by atoms with Gasteiger partial charge in [-0.2, -0.15) is 0 Å². The fraction of sp³-hybridized carbons (Fsp3) is 0.316. The van der Waals surface area contributed by atoms with E-state index in [0.29, 0.717) is 36.2 Å². The van der Waals surface area contributed by atoms with Crippen LogP contribution in [-0.2, 0) is 10.0 Å². The maximum absolute atomic E-state index is 12.2. The van der Waals surface area contributed by atoms with Gasteiger partial charge in [0.25, 0.3) is 0 Å². The van der Waals surface area contributed by atoms with Gasteiger partial charge in [-0.15, -0.1) is 0 Å². The first-order valence-electron chi connectivity index (χ1n) is 8.70. The molecule has 8 nitrogen and oxygen atoms in total. The molecule has 0 radical (unpaired) electrons. The minimum absolute atomic E-state index is 0.0202. The number of nitrogens with zero attached hydrogens (tertiary/aromatic N) is 1. The Hall–Kier alpha value is -2.78. The van der Waals surface area contributed by atoms with Crippen LogP contribution >= 0.6 is 0 Å². The molecule has 9 heteroatoms. The summed E-state index contributed by atoms with van der Waals surface area (Å²) in [6, 6.07) is 9.07. The van der Waals surface area contributed by atoms with Crippen LogP contribution in [0.1, 0.15) is 23.7 Å². The number of aromatic carboxylic acids is 1. The molecule has 0 bridgehead atoms. The third-order valence-corrected chi connectivity index (χ3v) is 5.55. The number of primary sulfonamides is 1. The second kappa shape index (κ2) is 7.69. The summed E-state index contributed by atoms with van der Waals surface area (Å²) in [6.07, 6.45) is 0.907. The number of hydrogen-bond acceptors (Lipinski definition) is 6. The Morgan fingerprint density at radius 2 is 1.86 bits per heavy atom. The summed E-state index contributed by atoms with van der Waals surface area (Å²) in [5.74, 6) is 0.164. The van der Waals surface area contributed by atoms with Crippen LogP contribution in [0.5, 0.6) is 17.2 Å². The molecule has 150 valence electrons. The fourth-order valence-corrected chi connectivity index (χ4v) is 3.87. The van der Waals surface area contributed by atoms with Gasteiger partial charge in [0.2, 0.25) is 10.0 Å². The smallest absolute Gasteiger partial charge is 0.335 e. The molecule has 0 aromatic heterocycles. The summed E-state index contributed by atoms with van der Waals surface area (Å²) in [5, 5.41) is 14.8. The summed E-state index contributed by atoms with van der Waals surface area (Å²) in [7, 11) is -2.69. The maximum atomic E-state index is 12.2. The Kier molecular flexibility index (Phi) is 5.48. The van der Waals surface area contributed by atoms with Crippen molar-refractivity contribution in [3.05, 3.63) is 42.0 Å². The van der Waals surface area contributed by atoms with Crippen molar-refractivity contribution in [1.29, 1.82) is 0 Å². The van der Waals surface area contributed by atoms with Crippen molar-refractivity contribution in [3.63, 3.8) is 0 Å². The first kappa shape index (κ1) is 20.0. The summed E-state index contributed by atoms with van der Waals surface area (Å²) in [6.45, 7) is 3.39. The quantitative estimate of drug-likeness (QED) is 0.757. The zero-order chi connectivity index (χ0) is 20.5. The number of rotatable bonds is 6. The molecule has 2 aromatic carbocycles. The summed E-state index contributed by atoms with van der Waals surface area (Å²) >= 11 is 0. The Bertz CT molecular complexity index is 988. The molecule has 0 saturated carbocycles. The third-order valence-electron chi connectivity index (χ3n) is 4.63. The fourth-order valence-electron chi connectivity index (χ4n) is 3.18. The normalized spacial score (nSPS) is 16.8. The summed E-state index contributed by atoms with van der Waals surface area (Å²) in [5.41, 5.74) is 0.227. The van der Waals surface area contributed by atoms with Crippen LogP contribution in [-0.4, -0.2) is 39.7 Å². The van der Waals surface area contributed by atoms with Gasteiger partial charge in [0.1, 0.15) is 16.4 Å². The zero-order valence-electron chi connectivity index (χ0n) is 15.6. The highest BCUT2D eigenvalue weighted by atomic mass is 32.2. The number of hydrogen-bond donors (Lipinski definition) is 2. The molecule has 28 heavy (non-hydrogen) atoms. The van der Waals surface area contributed by atoms with E-state index in [2.05, 4.69) is 6.92 Å². The lowest BCUT2D eigenvalue weighted by Crippen LogP contribution is -2.22. The van der Waals surface area contributed by atoms with E-state index in [-0.39, 0.29) is 16.2 Å². The Morgan fingerprint density at radius 1 is 1.21 bits per heavy atom. The SMILES string of the molecule is COc1ccc(Oc2c(N3CCC(C)C3)cc(C(=O)O)cc2S(N)(=O)=O)cc1. The van der Waals surface area contributed by atoms with Gasteiger partial charge < -0.3 is 19.5 Å². The number of carboxylic acids is 1. The molecular weight excluding hydrogens is 384 g/mol. The van der Waals surface area contributed by atoms with Crippen molar-refractivity contribution >= 4 is 21.7 Å². The van der Waals surface area contributed by atoms with Crippen molar-refractivity contribution in [1.82, 2.24) is 0 Å². The summed E-state index contributed by atoms with van der Waals surface area (Å²) in [4.78, 5) is 13.1. The lowest BCUT2D eigenvalue weighted by atomic mass is 10.1. The van der Waals surface area contributed by atoms with Crippen LogP contribution in [0.15, 0.2) is 41.3 Å². The number of benzene rings is 2. The minimum Gasteiger partial charge on any atom is -0.497 e. The number of nitrogens with two attached hydrogens (primary N) is 1. The van der Waals surface area contributed by atoms with Crippen molar-refractivity contribution < 1.29 is 27.8 Å². The van der Waals surface area contributed by atoms with Gasteiger partial charge in [0, 0.05) is 13.1 Å². The standard InChI is InChI=1S/C19H22N2O6S/c1-12-7-8-21(11-12)16-9-13(19(22)23)10-17(28(20,24)25)18(16)27-15-5-3-14(26-2)4-6-15/h3-6,9-10,12H,7-8,11H2,1-2H3,(H,22,23)(H2,20,24,25). The third kappa shape index (κ3) is 4.20. The molecule has 1 heterocycles. The van der Waals surface area contributed by atoms with Crippen LogP contribution in [0, 0.1) is 5.92 Å². The van der Waals surface area contributed by atoms with Crippen LogP contribution in [0.3, 0.4) is 0 Å². The number of ether oxygens (including phenoxy) is 2. The van der Waals surface area contributed by atoms with Gasteiger partial charge in [-0.3, -0.25) is 0 Å². The van der Waals surface area contributed by atoms with E-state index in [0.717, 1.165) is 12.5 Å². The first-order chi connectivity index (χ1) is 13.2. The molecule has 1 unspecified atom stereocenters. The molecule has 2 aromatic rings. The molecule has 1 atom stereocenters. The zero-order valence-corrected chi connectivity index (χ0v) is 16.4. The largest absolute Gasteiger partial charge is 0.497 e. The van der Waals surface area contributed by atoms with Gasteiger partial charge in [-0.1, -0.05) is 6.92 Å². The molecule has 1 saturated heterocycles. The first-order valence-corrected chi connectivity index (χ1v) is 10.2. The molecule has 0 amide bonds. The number of carboxylic acid groups (broad SMARTS) is 1. The van der Waals surface area contributed by atoms with Gasteiger partial charge >= 0.3 is 5.97 Å². The van der Waals surface area contributed by atoms with Crippen molar-refractivity contribution in [2.75, 3.05) is 25.1 Å². The van der Waals surface area contributed by atoms with E-state index in [9.17, 15) is 18.3 Å². The second-order valence-electron chi connectivity index (χ2n) is 6.79. The molecule has 0 aliphatic carbocycles. The van der Waals surface area contributed by atoms with Crippen molar-refractivity contribution in [2.24, 2.45) is 11.1 Å². The van der Waals surface area contributed by atoms with Crippen LogP contribution in [0.25, 0.3) is 0 Å². The van der Waals surface area contributed by atoms with E-state index in [1.807, 2.05) is 4.90 Å². The molecule has 1 fully saturated rings. The van der Waals surface area contributed by atoms with E-state index in [1.54, 1.807) is 24.3 Å². The highest BCUT2D eigenvalue weighted by Crippen LogP contribution is 2.41. The van der Waals surface area contributed by atoms with Crippen LogP contribution < -0.4 is 19.5 Å². The number of anilines is 1. The van der Waals surface area contributed by atoms with Crippen LogP contribution in [0.4, 0.5) is 5.69 Å². The lowest BCUT2D eigenvalue weighted by molar-refractivity contribution is 0.0696. The maximum Gasteiger partial charge on any atom is 0.335 e. The lowest BCUT2D eigenvalue weighted by Gasteiger charge is -2.24.